The summed E-state index contributed by atoms with van der Waals surface area (Å²) < 4.78 is 2.02. The molecule has 0 aliphatic carbocycles. The Labute approximate surface area is 149 Å². The molecule has 1 aromatic carbocycles. The van der Waals surface area contributed by atoms with Gasteiger partial charge in [-0.3, -0.25) is 14.5 Å². The lowest BCUT2D eigenvalue weighted by Crippen LogP contribution is -2.54. The molecule has 2 aromatic rings. The molecule has 0 amide bonds. The maximum atomic E-state index is 10.4. The summed E-state index contributed by atoms with van der Waals surface area (Å²) >= 11 is 0. The minimum absolute atomic E-state index is 0.276. The average molecular weight is 341 g/mol. The second-order valence-corrected chi connectivity index (χ2v) is 7.14. The topological polar surface area (TPSA) is 47.8 Å². The van der Waals surface area contributed by atoms with Crippen LogP contribution in [0.15, 0.2) is 48.8 Å². The predicted octanol–water partition coefficient (Wildman–Crippen LogP) is 0.923. The van der Waals surface area contributed by atoms with Crippen molar-refractivity contribution < 1.29 is 5.11 Å². The maximum Gasteiger partial charge on any atom is 0.0793 e. The SMILES string of the molecule is O[C@@H](CN1CCN(c2ccccc2)CC1)CN1CC(n2cccn2)C1. The fourth-order valence-electron chi connectivity index (χ4n) is 3.84. The van der Waals surface area contributed by atoms with Crippen molar-refractivity contribution >= 4 is 5.69 Å². The molecular formula is C19H27N5O. The van der Waals surface area contributed by atoms with Crippen molar-refractivity contribution in [1.82, 2.24) is 19.6 Å². The number of para-hydroxylation sites is 1. The Balaban J connectivity index is 1.17. The van der Waals surface area contributed by atoms with Gasteiger partial charge in [-0.1, -0.05) is 18.2 Å². The summed E-state index contributed by atoms with van der Waals surface area (Å²) in [6, 6.07) is 13.0. The first-order valence-corrected chi connectivity index (χ1v) is 9.20. The van der Waals surface area contributed by atoms with E-state index < -0.39 is 0 Å². The molecule has 0 unspecified atom stereocenters. The lowest BCUT2D eigenvalue weighted by molar-refractivity contribution is 0.0235. The lowest BCUT2D eigenvalue weighted by atomic mass is 10.1. The third-order valence-electron chi connectivity index (χ3n) is 5.27. The van der Waals surface area contributed by atoms with Crippen molar-refractivity contribution in [2.75, 3.05) is 57.3 Å². The van der Waals surface area contributed by atoms with Gasteiger partial charge in [0.1, 0.15) is 0 Å². The second kappa shape index (κ2) is 7.56. The molecule has 1 aromatic heterocycles. The van der Waals surface area contributed by atoms with E-state index in [-0.39, 0.29) is 6.10 Å². The summed E-state index contributed by atoms with van der Waals surface area (Å²) in [6.07, 6.45) is 3.57. The van der Waals surface area contributed by atoms with Crippen LogP contribution in [0, 0.1) is 0 Å². The standard InChI is InChI=1S/C19H27N5O/c25-19(16-22-13-18(14-22)24-8-4-7-20-24)15-21-9-11-23(12-10-21)17-5-2-1-3-6-17/h1-8,18-19,25H,9-16H2/t19-/m0/s1. The smallest absolute Gasteiger partial charge is 0.0793 e. The zero-order valence-electron chi connectivity index (χ0n) is 14.6. The Bertz CT molecular complexity index is 633. The molecule has 3 heterocycles. The zero-order valence-corrected chi connectivity index (χ0v) is 14.6. The number of rotatable bonds is 6. The van der Waals surface area contributed by atoms with Gasteiger partial charge in [-0.15, -0.1) is 0 Å². The van der Waals surface area contributed by atoms with Gasteiger partial charge in [-0.05, 0) is 18.2 Å². The number of hydrogen-bond donors (Lipinski definition) is 1. The Kier molecular flexibility index (Phi) is 5.01. The minimum Gasteiger partial charge on any atom is -0.390 e. The Morgan fingerprint density at radius 3 is 2.36 bits per heavy atom. The molecule has 0 spiro atoms. The van der Waals surface area contributed by atoms with Gasteiger partial charge in [0.15, 0.2) is 0 Å². The van der Waals surface area contributed by atoms with E-state index in [1.165, 1.54) is 5.69 Å². The number of aliphatic hydroxyl groups is 1. The number of likely N-dealkylation sites (tertiary alicyclic amines) is 1. The second-order valence-electron chi connectivity index (χ2n) is 7.14. The molecule has 0 bridgehead atoms. The van der Waals surface area contributed by atoms with Crippen molar-refractivity contribution in [2.24, 2.45) is 0 Å². The number of benzene rings is 1. The zero-order chi connectivity index (χ0) is 17.1. The van der Waals surface area contributed by atoms with Gasteiger partial charge >= 0.3 is 0 Å². The van der Waals surface area contributed by atoms with Crippen LogP contribution < -0.4 is 4.90 Å². The first-order chi connectivity index (χ1) is 12.3. The molecule has 2 aliphatic rings. The number of anilines is 1. The highest BCUT2D eigenvalue weighted by Crippen LogP contribution is 2.20. The van der Waals surface area contributed by atoms with Gasteiger partial charge in [-0.2, -0.15) is 5.10 Å². The van der Waals surface area contributed by atoms with Crippen molar-refractivity contribution in [3.63, 3.8) is 0 Å². The van der Waals surface area contributed by atoms with E-state index in [1.54, 1.807) is 0 Å². The van der Waals surface area contributed by atoms with Crippen molar-refractivity contribution in [3.8, 4) is 0 Å². The van der Waals surface area contributed by atoms with Crippen molar-refractivity contribution in [1.29, 1.82) is 0 Å². The lowest BCUT2D eigenvalue weighted by Gasteiger charge is -2.41. The molecule has 134 valence electrons. The van der Waals surface area contributed by atoms with Crippen molar-refractivity contribution in [3.05, 3.63) is 48.8 Å². The summed E-state index contributed by atoms with van der Waals surface area (Å²) in [5.41, 5.74) is 1.30. The maximum absolute atomic E-state index is 10.4. The number of β-amino-alcohol motifs (C(OH)–C–C–N with tert-alkyl or cyclic N) is 1. The van der Waals surface area contributed by atoms with Gasteiger partial charge < -0.3 is 10.0 Å². The summed E-state index contributed by atoms with van der Waals surface area (Å²) in [7, 11) is 0. The van der Waals surface area contributed by atoms with Gasteiger partial charge in [0.05, 0.1) is 12.1 Å². The van der Waals surface area contributed by atoms with E-state index in [0.29, 0.717) is 6.04 Å². The van der Waals surface area contributed by atoms with Gasteiger partial charge in [0.2, 0.25) is 0 Å². The van der Waals surface area contributed by atoms with E-state index in [0.717, 1.165) is 52.4 Å². The van der Waals surface area contributed by atoms with Crippen molar-refractivity contribution in [2.45, 2.75) is 12.1 Å². The summed E-state index contributed by atoms with van der Waals surface area (Å²) in [5.74, 6) is 0. The molecule has 6 heteroatoms. The molecule has 0 radical (unpaired) electrons. The molecule has 2 aliphatic heterocycles. The monoisotopic (exact) mass is 341 g/mol. The molecule has 1 atom stereocenters. The Hall–Kier alpha value is -1.89. The largest absolute Gasteiger partial charge is 0.390 e. The predicted molar refractivity (Wildman–Crippen MR) is 98.8 cm³/mol. The van der Waals surface area contributed by atoms with Crippen LogP contribution in [0.5, 0.6) is 0 Å². The summed E-state index contributed by atoms with van der Waals surface area (Å²) in [4.78, 5) is 7.12. The number of aliphatic hydroxyl groups excluding tert-OH is 1. The third kappa shape index (κ3) is 4.03. The average Bonchev–Trinajstić information content (AvgIpc) is 3.13. The van der Waals surface area contributed by atoms with E-state index in [9.17, 15) is 5.11 Å². The van der Waals surface area contributed by atoms with Gasteiger partial charge in [0.25, 0.3) is 0 Å². The highest BCUT2D eigenvalue weighted by Gasteiger charge is 2.30. The van der Waals surface area contributed by atoms with Crippen LogP contribution in [0.1, 0.15) is 6.04 Å². The van der Waals surface area contributed by atoms with E-state index >= 15 is 0 Å². The molecule has 6 nitrogen and oxygen atoms in total. The fourth-order valence-corrected chi connectivity index (χ4v) is 3.84. The summed E-state index contributed by atoms with van der Waals surface area (Å²) in [6.45, 7) is 7.59. The minimum atomic E-state index is -0.276. The van der Waals surface area contributed by atoms with Crippen LogP contribution >= 0.6 is 0 Å². The fraction of sp³-hybridized carbons (Fsp3) is 0.526. The first-order valence-electron chi connectivity index (χ1n) is 9.20. The number of aromatic nitrogens is 2. The molecule has 1 N–H and O–H groups in total. The first kappa shape index (κ1) is 16.6. The van der Waals surface area contributed by atoms with Crippen LogP contribution in [0.4, 0.5) is 5.69 Å². The van der Waals surface area contributed by atoms with Gasteiger partial charge in [0, 0.05) is 70.4 Å². The molecule has 2 saturated heterocycles. The quantitative estimate of drug-likeness (QED) is 0.847. The van der Waals surface area contributed by atoms with E-state index in [4.69, 9.17) is 0 Å². The van der Waals surface area contributed by atoms with Crippen LogP contribution in [0.3, 0.4) is 0 Å². The highest BCUT2D eigenvalue weighted by molar-refractivity contribution is 5.46. The molecule has 2 fully saturated rings. The summed E-state index contributed by atoms with van der Waals surface area (Å²) in [5, 5.41) is 14.7. The molecule has 25 heavy (non-hydrogen) atoms. The molecular weight excluding hydrogens is 314 g/mol. The van der Waals surface area contributed by atoms with Crippen LogP contribution in [-0.2, 0) is 0 Å². The number of nitrogens with zero attached hydrogens (tertiary/aromatic N) is 5. The van der Waals surface area contributed by atoms with E-state index in [2.05, 4.69) is 50.1 Å². The van der Waals surface area contributed by atoms with Crippen LogP contribution in [0.2, 0.25) is 0 Å². The molecule has 4 rings (SSSR count). The van der Waals surface area contributed by atoms with Gasteiger partial charge in [-0.25, -0.2) is 0 Å². The third-order valence-corrected chi connectivity index (χ3v) is 5.27. The normalized spacial score (nSPS) is 21.2. The number of piperazine rings is 1. The van der Waals surface area contributed by atoms with Crippen LogP contribution in [-0.4, -0.2) is 83.1 Å². The molecule has 0 saturated carbocycles. The Morgan fingerprint density at radius 1 is 0.960 bits per heavy atom. The van der Waals surface area contributed by atoms with E-state index in [1.807, 2.05) is 23.1 Å². The van der Waals surface area contributed by atoms with Crippen LogP contribution in [0.25, 0.3) is 0 Å². The number of hydrogen-bond acceptors (Lipinski definition) is 5. The highest BCUT2D eigenvalue weighted by atomic mass is 16.3. The Morgan fingerprint density at radius 2 is 1.68 bits per heavy atom.